The van der Waals surface area contributed by atoms with Crippen LogP contribution < -0.4 is 10.1 Å². The normalized spacial score (nSPS) is 15.8. The van der Waals surface area contributed by atoms with Gasteiger partial charge in [-0.3, -0.25) is 9.59 Å². The molecule has 1 aliphatic heterocycles. The highest BCUT2D eigenvalue weighted by Crippen LogP contribution is 2.18. The lowest BCUT2D eigenvalue weighted by molar-refractivity contribution is -0.128. The highest BCUT2D eigenvalue weighted by atomic mass is 35.5. The molecule has 1 heterocycles. The van der Waals surface area contributed by atoms with Crippen LogP contribution in [-0.4, -0.2) is 41.9 Å². The molecule has 0 radical (unpaired) electrons. The van der Waals surface area contributed by atoms with E-state index in [4.69, 9.17) is 16.3 Å². The van der Waals surface area contributed by atoms with E-state index in [9.17, 15) is 9.59 Å². The molecule has 0 bridgehead atoms. The van der Waals surface area contributed by atoms with Crippen molar-refractivity contribution in [2.24, 2.45) is 0 Å². The largest absolute Gasteiger partial charge is 0.481 e. The number of likely N-dealkylation sites (tertiary alicyclic amines) is 1. The second-order valence-electron chi connectivity index (χ2n) is 7.16. The number of carbonyl (C=O) groups excluding carboxylic acids is 2. The lowest BCUT2D eigenvalue weighted by Crippen LogP contribution is -2.49. The summed E-state index contributed by atoms with van der Waals surface area (Å²) >= 11 is 5.86. The summed E-state index contributed by atoms with van der Waals surface area (Å²) in [7, 11) is 0. The minimum atomic E-state index is -0.603. The van der Waals surface area contributed by atoms with E-state index < -0.39 is 6.10 Å². The number of aryl methyl sites for hydroxylation is 1. The third-order valence-corrected chi connectivity index (χ3v) is 5.17. The Labute approximate surface area is 170 Å². The van der Waals surface area contributed by atoms with E-state index in [-0.39, 0.29) is 17.9 Å². The van der Waals surface area contributed by atoms with Gasteiger partial charge in [0.25, 0.3) is 11.8 Å². The zero-order valence-corrected chi connectivity index (χ0v) is 16.9. The summed E-state index contributed by atoms with van der Waals surface area (Å²) in [6, 6.07) is 14.6. The molecule has 1 atom stereocenters. The predicted octanol–water partition coefficient (Wildman–Crippen LogP) is 3.84. The second kappa shape index (κ2) is 9.11. The van der Waals surface area contributed by atoms with Gasteiger partial charge in [-0.2, -0.15) is 0 Å². The molecule has 0 saturated carbocycles. The molecule has 3 rings (SSSR count). The fraction of sp³-hybridized carbons (Fsp3) is 0.364. The van der Waals surface area contributed by atoms with Crippen molar-refractivity contribution in [3.63, 3.8) is 0 Å². The van der Waals surface area contributed by atoms with E-state index >= 15 is 0 Å². The van der Waals surface area contributed by atoms with Crippen molar-refractivity contribution < 1.29 is 14.3 Å². The number of amides is 2. The summed E-state index contributed by atoms with van der Waals surface area (Å²) in [5, 5.41) is 3.65. The molecule has 0 aromatic heterocycles. The van der Waals surface area contributed by atoms with Crippen LogP contribution in [0.4, 0.5) is 0 Å². The number of nitrogens with zero attached hydrogens (tertiary/aromatic N) is 1. The first-order chi connectivity index (χ1) is 13.4. The average molecular weight is 401 g/mol. The maximum Gasteiger partial charge on any atom is 0.260 e. The molecule has 1 aliphatic rings. The summed E-state index contributed by atoms with van der Waals surface area (Å²) in [6.45, 7) is 4.98. The van der Waals surface area contributed by atoms with Gasteiger partial charge in [0.15, 0.2) is 6.10 Å². The molecule has 1 fully saturated rings. The minimum Gasteiger partial charge on any atom is -0.481 e. The highest BCUT2D eigenvalue weighted by Gasteiger charge is 2.26. The number of halogens is 1. The molecular formula is C22H25ClN2O3. The smallest absolute Gasteiger partial charge is 0.260 e. The van der Waals surface area contributed by atoms with Gasteiger partial charge < -0.3 is 15.0 Å². The third-order valence-electron chi connectivity index (χ3n) is 4.92. The van der Waals surface area contributed by atoms with Gasteiger partial charge in [0, 0.05) is 29.7 Å². The number of piperidine rings is 1. The Morgan fingerprint density at radius 1 is 1.07 bits per heavy atom. The van der Waals surface area contributed by atoms with Crippen LogP contribution in [0.25, 0.3) is 0 Å². The minimum absolute atomic E-state index is 0.0456. The van der Waals surface area contributed by atoms with Crippen LogP contribution in [0.1, 0.15) is 35.7 Å². The van der Waals surface area contributed by atoms with Crippen molar-refractivity contribution in [1.29, 1.82) is 0 Å². The van der Waals surface area contributed by atoms with Crippen LogP contribution in [0.3, 0.4) is 0 Å². The first-order valence-corrected chi connectivity index (χ1v) is 9.89. The van der Waals surface area contributed by atoms with Crippen LogP contribution in [0.15, 0.2) is 48.5 Å². The van der Waals surface area contributed by atoms with Crippen molar-refractivity contribution in [1.82, 2.24) is 10.2 Å². The maximum atomic E-state index is 12.6. The Morgan fingerprint density at radius 3 is 2.29 bits per heavy atom. The summed E-state index contributed by atoms with van der Waals surface area (Å²) in [6.07, 6.45) is 0.863. The van der Waals surface area contributed by atoms with Crippen LogP contribution in [0.2, 0.25) is 5.02 Å². The topological polar surface area (TPSA) is 58.6 Å². The first-order valence-electron chi connectivity index (χ1n) is 9.51. The van der Waals surface area contributed by atoms with Gasteiger partial charge >= 0.3 is 0 Å². The molecule has 2 amide bonds. The van der Waals surface area contributed by atoms with Gasteiger partial charge in [-0.05, 0) is 63.1 Å². The second-order valence-corrected chi connectivity index (χ2v) is 7.59. The SMILES string of the molecule is Cc1ccc(C(=O)N2CCC(NC(=O)C(C)Oc3ccc(Cl)cc3)CC2)cc1. The number of rotatable bonds is 5. The first kappa shape index (κ1) is 20.2. The van der Waals surface area contributed by atoms with Gasteiger partial charge in [-0.25, -0.2) is 0 Å². The number of hydrogen-bond donors (Lipinski definition) is 1. The molecule has 6 heteroatoms. The Kier molecular flexibility index (Phi) is 6.57. The van der Waals surface area contributed by atoms with Crippen molar-refractivity contribution in [3.05, 3.63) is 64.7 Å². The molecular weight excluding hydrogens is 376 g/mol. The predicted molar refractivity (Wildman–Crippen MR) is 110 cm³/mol. The zero-order valence-electron chi connectivity index (χ0n) is 16.2. The molecule has 2 aromatic rings. The quantitative estimate of drug-likeness (QED) is 0.829. The Bertz CT molecular complexity index is 813. The molecule has 1 N–H and O–H groups in total. The van der Waals surface area contributed by atoms with E-state index in [1.165, 1.54) is 0 Å². The summed E-state index contributed by atoms with van der Waals surface area (Å²) in [5.41, 5.74) is 1.84. The number of nitrogens with one attached hydrogen (secondary N) is 1. The van der Waals surface area contributed by atoms with Gasteiger partial charge in [-0.15, -0.1) is 0 Å². The number of benzene rings is 2. The number of ether oxygens (including phenoxy) is 1. The molecule has 28 heavy (non-hydrogen) atoms. The Balaban J connectivity index is 1.46. The van der Waals surface area contributed by atoms with Crippen LogP contribution in [0, 0.1) is 6.92 Å². The van der Waals surface area contributed by atoms with Gasteiger partial charge in [0.2, 0.25) is 0 Å². The van der Waals surface area contributed by atoms with Crippen molar-refractivity contribution in [3.8, 4) is 5.75 Å². The summed E-state index contributed by atoms with van der Waals surface area (Å²) in [5.74, 6) is 0.494. The summed E-state index contributed by atoms with van der Waals surface area (Å²) < 4.78 is 5.66. The number of carbonyl (C=O) groups is 2. The van der Waals surface area contributed by atoms with Crippen molar-refractivity contribution in [2.45, 2.75) is 38.8 Å². The molecule has 0 spiro atoms. The monoisotopic (exact) mass is 400 g/mol. The number of hydrogen-bond acceptors (Lipinski definition) is 3. The average Bonchev–Trinajstić information content (AvgIpc) is 2.70. The Hall–Kier alpha value is -2.53. The molecule has 2 aromatic carbocycles. The fourth-order valence-corrected chi connectivity index (χ4v) is 3.32. The van der Waals surface area contributed by atoms with Crippen LogP contribution in [0.5, 0.6) is 5.75 Å². The standard InChI is InChI=1S/C22H25ClN2O3/c1-15-3-5-17(6-4-15)22(27)25-13-11-19(12-14-25)24-21(26)16(2)28-20-9-7-18(23)8-10-20/h3-10,16,19H,11-14H2,1-2H3,(H,24,26). The molecule has 0 aliphatic carbocycles. The van der Waals surface area contributed by atoms with Gasteiger partial charge in [-0.1, -0.05) is 29.3 Å². The fourth-order valence-electron chi connectivity index (χ4n) is 3.19. The lowest BCUT2D eigenvalue weighted by Gasteiger charge is -2.33. The molecule has 148 valence electrons. The van der Waals surface area contributed by atoms with Crippen molar-refractivity contribution in [2.75, 3.05) is 13.1 Å². The lowest BCUT2D eigenvalue weighted by atomic mass is 10.0. The zero-order chi connectivity index (χ0) is 20.1. The third kappa shape index (κ3) is 5.26. The Morgan fingerprint density at radius 2 is 1.68 bits per heavy atom. The van der Waals surface area contributed by atoms with Gasteiger partial charge in [0.1, 0.15) is 5.75 Å². The van der Waals surface area contributed by atoms with E-state index in [2.05, 4.69) is 5.32 Å². The molecule has 5 nitrogen and oxygen atoms in total. The van der Waals surface area contributed by atoms with Crippen LogP contribution >= 0.6 is 11.6 Å². The summed E-state index contributed by atoms with van der Waals surface area (Å²) in [4.78, 5) is 26.8. The molecule has 1 unspecified atom stereocenters. The van der Waals surface area contributed by atoms with E-state index in [0.29, 0.717) is 29.4 Å². The van der Waals surface area contributed by atoms with Gasteiger partial charge in [0.05, 0.1) is 0 Å². The molecule has 1 saturated heterocycles. The van der Waals surface area contributed by atoms with E-state index in [0.717, 1.165) is 18.4 Å². The van der Waals surface area contributed by atoms with Crippen molar-refractivity contribution >= 4 is 23.4 Å². The van der Waals surface area contributed by atoms with Crippen LogP contribution in [-0.2, 0) is 4.79 Å². The van der Waals surface area contributed by atoms with E-state index in [1.807, 2.05) is 36.1 Å². The van der Waals surface area contributed by atoms with E-state index in [1.54, 1.807) is 31.2 Å². The highest BCUT2D eigenvalue weighted by molar-refractivity contribution is 6.30. The maximum absolute atomic E-state index is 12.6.